The van der Waals surface area contributed by atoms with Gasteiger partial charge in [-0.3, -0.25) is 0 Å². The molecule has 12 rings (SSSR count). The Morgan fingerprint density at radius 2 is 0.966 bits per heavy atom. The SMILES string of the molecule is CC1(C)c2ccccc2-c2ccc(N(c3ccc(-c4cccc5c4oc4ccccc45)cc3)c3ccc(-c4cccc5oc6c7ccccc7ccc6c45)cc3)cc21. The van der Waals surface area contributed by atoms with Crippen molar-refractivity contribution in [1.82, 2.24) is 0 Å². The molecule has 0 aliphatic heterocycles. The van der Waals surface area contributed by atoms with Gasteiger partial charge in [0.2, 0.25) is 0 Å². The highest BCUT2D eigenvalue weighted by molar-refractivity contribution is 6.19. The van der Waals surface area contributed by atoms with Gasteiger partial charge >= 0.3 is 0 Å². The zero-order chi connectivity index (χ0) is 38.5. The molecule has 0 saturated carbocycles. The number of furan rings is 2. The van der Waals surface area contributed by atoms with E-state index in [9.17, 15) is 0 Å². The molecule has 0 radical (unpaired) electrons. The van der Waals surface area contributed by atoms with Gasteiger partial charge in [0.15, 0.2) is 0 Å². The van der Waals surface area contributed by atoms with Crippen LogP contribution >= 0.6 is 0 Å². The molecule has 1 aliphatic rings. The molecule has 0 amide bonds. The first-order chi connectivity index (χ1) is 28.5. The molecule has 3 nitrogen and oxygen atoms in total. The summed E-state index contributed by atoms with van der Waals surface area (Å²) in [7, 11) is 0. The van der Waals surface area contributed by atoms with Crippen LogP contribution in [0.2, 0.25) is 0 Å². The lowest BCUT2D eigenvalue weighted by atomic mass is 9.82. The molecule has 2 aromatic heterocycles. The van der Waals surface area contributed by atoms with Crippen LogP contribution in [0.4, 0.5) is 17.1 Å². The van der Waals surface area contributed by atoms with Crippen molar-refractivity contribution in [3.05, 3.63) is 199 Å². The van der Waals surface area contributed by atoms with Crippen LogP contribution < -0.4 is 4.90 Å². The van der Waals surface area contributed by atoms with Crippen molar-refractivity contribution in [2.75, 3.05) is 4.90 Å². The van der Waals surface area contributed by atoms with E-state index in [1.54, 1.807) is 0 Å². The van der Waals surface area contributed by atoms with Crippen LogP contribution in [0.1, 0.15) is 25.0 Å². The summed E-state index contributed by atoms with van der Waals surface area (Å²) in [5.74, 6) is 0. The smallest absolute Gasteiger partial charge is 0.143 e. The van der Waals surface area contributed by atoms with Crippen molar-refractivity contribution in [2.45, 2.75) is 19.3 Å². The van der Waals surface area contributed by atoms with Gasteiger partial charge in [-0.1, -0.05) is 147 Å². The summed E-state index contributed by atoms with van der Waals surface area (Å²) in [5, 5.41) is 6.86. The van der Waals surface area contributed by atoms with Crippen LogP contribution in [0.25, 0.3) is 88.0 Å². The monoisotopic (exact) mass is 743 g/mol. The zero-order valence-electron chi connectivity index (χ0n) is 32.2. The third kappa shape index (κ3) is 4.80. The summed E-state index contributed by atoms with van der Waals surface area (Å²) in [6.45, 7) is 4.69. The molecule has 0 spiro atoms. The molecule has 9 aromatic carbocycles. The van der Waals surface area contributed by atoms with Gasteiger partial charge in [-0.25, -0.2) is 0 Å². The second-order valence-corrected chi connectivity index (χ2v) is 16.1. The maximum atomic E-state index is 6.55. The highest BCUT2D eigenvalue weighted by Crippen LogP contribution is 2.51. The summed E-state index contributed by atoms with van der Waals surface area (Å²) >= 11 is 0. The number of fused-ring (bicyclic) bond motifs is 11. The van der Waals surface area contributed by atoms with E-state index < -0.39 is 0 Å². The van der Waals surface area contributed by atoms with Crippen LogP contribution in [0, 0.1) is 0 Å². The third-order valence-corrected chi connectivity index (χ3v) is 12.5. The lowest BCUT2D eigenvalue weighted by Crippen LogP contribution is -2.16. The van der Waals surface area contributed by atoms with E-state index in [4.69, 9.17) is 8.83 Å². The number of hydrogen-bond donors (Lipinski definition) is 0. The number of benzene rings is 9. The minimum atomic E-state index is -0.121. The largest absolute Gasteiger partial charge is 0.455 e. The van der Waals surface area contributed by atoms with Crippen LogP contribution in [0.3, 0.4) is 0 Å². The highest BCUT2D eigenvalue weighted by atomic mass is 16.3. The molecule has 274 valence electrons. The summed E-state index contributed by atoms with van der Waals surface area (Å²) in [6.07, 6.45) is 0. The maximum absolute atomic E-state index is 6.55. The molecule has 58 heavy (non-hydrogen) atoms. The van der Waals surface area contributed by atoms with Crippen LogP contribution in [-0.4, -0.2) is 0 Å². The quantitative estimate of drug-likeness (QED) is 0.176. The van der Waals surface area contributed by atoms with Gasteiger partial charge in [0, 0.05) is 55.0 Å². The standard InChI is InChI=1S/C55H37NO2/c1-55(2)48-18-7-5-13-43(48)44-32-30-39(33-49(44)55)56(38-28-23-36(24-29-38)42-16-9-17-46-45-14-6-8-19-50(45)57-53(42)46)37-26-21-35(22-27-37)40-15-10-20-51-52(40)47-31-25-34-11-3-4-12-41(34)54(47)58-51/h3-33H,1-2H3. The Kier molecular flexibility index (Phi) is 6.98. The van der Waals surface area contributed by atoms with Crippen molar-refractivity contribution < 1.29 is 8.83 Å². The average molecular weight is 744 g/mol. The molecule has 0 unspecified atom stereocenters. The molecule has 0 fully saturated rings. The summed E-state index contributed by atoms with van der Waals surface area (Å²) in [4.78, 5) is 2.38. The van der Waals surface area contributed by atoms with Crippen molar-refractivity contribution in [3.8, 4) is 33.4 Å². The summed E-state index contributed by atoms with van der Waals surface area (Å²) in [6, 6.07) is 67.7. The molecular weight excluding hydrogens is 707 g/mol. The predicted molar refractivity (Wildman–Crippen MR) is 242 cm³/mol. The third-order valence-electron chi connectivity index (χ3n) is 12.5. The van der Waals surface area contributed by atoms with Crippen molar-refractivity contribution in [3.63, 3.8) is 0 Å². The van der Waals surface area contributed by atoms with Crippen molar-refractivity contribution in [2.24, 2.45) is 0 Å². The van der Waals surface area contributed by atoms with Gasteiger partial charge in [-0.2, -0.15) is 0 Å². The first kappa shape index (κ1) is 32.8. The molecule has 0 N–H and O–H groups in total. The van der Waals surface area contributed by atoms with Gasteiger partial charge in [0.1, 0.15) is 22.3 Å². The minimum absolute atomic E-state index is 0.121. The topological polar surface area (TPSA) is 29.5 Å². The fourth-order valence-electron chi connectivity index (χ4n) is 9.63. The van der Waals surface area contributed by atoms with E-state index in [0.717, 1.165) is 88.6 Å². The van der Waals surface area contributed by atoms with Crippen molar-refractivity contribution >= 4 is 71.7 Å². The fourth-order valence-corrected chi connectivity index (χ4v) is 9.63. The highest BCUT2D eigenvalue weighted by Gasteiger charge is 2.35. The summed E-state index contributed by atoms with van der Waals surface area (Å²) in [5.41, 5.74) is 16.7. The van der Waals surface area contributed by atoms with Crippen LogP contribution in [0.15, 0.2) is 197 Å². The van der Waals surface area contributed by atoms with Crippen LogP contribution in [-0.2, 0) is 5.41 Å². The zero-order valence-corrected chi connectivity index (χ0v) is 32.2. The normalized spacial score (nSPS) is 13.1. The van der Waals surface area contributed by atoms with E-state index in [1.165, 1.54) is 27.6 Å². The van der Waals surface area contributed by atoms with E-state index in [2.05, 4.69) is 195 Å². The van der Waals surface area contributed by atoms with Gasteiger partial charge < -0.3 is 13.7 Å². The Morgan fingerprint density at radius 1 is 0.379 bits per heavy atom. The molecular formula is C55H37NO2. The minimum Gasteiger partial charge on any atom is -0.455 e. The predicted octanol–water partition coefficient (Wildman–Crippen LogP) is 15.7. The Labute approximate surface area is 336 Å². The molecule has 11 aromatic rings. The second-order valence-electron chi connectivity index (χ2n) is 16.1. The first-order valence-corrected chi connectivity index (χ1v) is 20.0. The van der Waals surface area contributed by atoms with Gasteiger partial charge in [-0.05, 0) is 98.9 Å². The number of nitrogens with zero attached hydrogens (tertiary/aromatic N) is 1. The molecule has 1 aliphatic carbocycles. The van der Waals surface area contributed by atoms with E-state index >= 15 is 0 Å². The number of rotatable bonds is 5. The van der Waals surface area contributed by atoms with Gasteiger partial charge in [-0.15, -0.1) is 0 Å². The number of para-hydroxylation sites is 2. The maximum Gasteiger partial charge on any atom is 0.143 e. The fraction of sp³-hybridized carbons (Fsp3) is 0.0545. The average Bonchev–Trinajstić information content (AvgIpc) is 3.92. The lowest BCUT2D eigenvalue weighted by molar-refractivity contribution is 0.660. The summed E-state index contributed by atoms with van der Waals surface area (Å²) < 4.78 is 13.0. The Balaban J connectivity index is 0.988. The number of hydrogen-bond acceptors (Lipinski definition) is 3. The molecule has 0 bridgehead atoms. The van der Waals surface area contributed by atoms with Crippen LogP contribution in [0.5, 0.6) is 0 Å². The van der Waals surface area contributed by atoms with Gasteiger partial charge in [0.25, 0.3) is 0 Å². The van der Waals surface area contributed by atoms with E-state index in [1.807, 2.05) is 12.1 Å². The van der Waals surface area contributed by atoms with Crippen molar-refractivity contribution in [1.29, 1.82) is 0 Å². The molecule has 2 heterocycles. The molecule has 0 saturated heterocycles. The lowest BCUT2D eigenvalue weighted by Gasteiger charge is -2.28. The second kappa shape index (κ2) is 12.3. The Morgan fingerprint density at radius 3 is 1.79 bits per heavy atom. The first-order valence-electron chi connectivity index (χ1n) is 20.0. The number of anilines is 3. The molecule has 0 atom stereocenters. The van der Waals surface area contributed by atoms with Gasteiger partial charge in [0.05, 0.1) is 0 Å². The Bertz CT molecular complexity index is 3420. The molecule has 3 heteroatoms. The van der Waals surface area contributed by atoms with E-state index in [0.29, 0.717) is 0 Å². The Hall–Kier alpha value is -7.36. The van der Waals surface area contributed by atoms with E-state index in [-0.39, 0.29) is 5.41 Å².